The number of likely N-dealkylation sites (tertiary alicyclic amines) is 1. The van der Waals surface area contributed by atoms with Crippen molar-refractivity contribution in [1.29, 1.82) is 0 Å². The van der Waals surface area contributed by atoms with Crippen molar-refractivity contribution in [3.05, 3.63) is 59.7 Å². The Morgan fingerprint density at radius 1 is 1.07 bits per heavy atom. The summed E-state index contributed by atoms with van der Waals surface area (Å²) in [6.07, 6.45) is 6.43. The average molecular weight is 617 g/mol. The van der Waals surface area contributed by atoms with Crippen molar-refractivity contribution in [1.82, 2.24) is 14.6 Å². The number of carbonyl (C=O) groups is 2. The van der Waals surface area contributed by atoms with Gasteiger partial charge in [0, 0.05) is 25.9 Å². The predicted octanol–water partition coefficient (Wildman–Crippen LogP) is 5.67. The van der Waals surface area contributed by atoms with Crippen LogP contribution in [0.5, 0.6) is 0 Å². The Morgan fingerprint density at radius 2 is 1.74 bits per heavy atom. The van der Waals surface area contributed by atoms with E-state index in [1.165, 1.54) is 18.1 Å². The van der Waals surface area contributed by atoms with Crippen LogP contribution in [-0.2, 0) is 30.8 Å². The number of benzene rings is 1. The molecular weight excluding hydrogens is 571 g/mol. The first-order valence-electron chi connectivity index (χ1n) is 14.9. The summed E-state index contributed by atoms with van der Waals surface area (Å²) >= 11 is 0. The number of amides is 2. The molecule has 2 aliphatic rings. The minimum absolute atomic E-state index is 0.0271. The van der Waals surface area contributed by atoms with E-state index in [2.05, 4.69) is 15.0 Å². The second-order valence-corrected chi connectivity index (χ2v) is 15.5. The van der Waals surface area contributed by atoms with Crippen molar-refractivity contribution in [2.45, 2.75) is 102 Å². The van der Waals surface area contributed by atoms with Gasteiger partial charge in [-0.05, 0) is 95.7 Å². The van der Waals surface area contributed by atoms with Gasteiger partial charge in [0.2, 0.25) is 5.91 Å². The largest absolute Gasteiger partial charge is 0.444 e. The van der Waals surface area contributed by atoms with Gasteiger partial charge in [0.15, 0.2) is 0 Å². The van der Waals surface area contributed by atoms with Crippen molar-refractivity contribution in [3.63, 3.8) is 0 Å². The van der Waals surface area contributed by atoms with E-state index in [4.69, 9.17) is 9.47 Å². The molecule has 43 heavy (non-hydrogen) atoms. The highest BCUT2D eigenvalue weighted by atomic mass is 32.2. The van der Waals surface area contributed by atoms with Crippen LogP contribution < -0.4 is 10.0 Å². The molecule has 4 atom stereocenters. The molecule has 2 aromatic rings. The van der Waals surface area contributed by atoms with Crippen LogP contribution in [0.4, 0.5) is 14.9 Å². The van der Waals surface area contributed by atoms with Crippen LogP contribution in [-0.4, -0.2) is 62.2 Å². The molecule has 4 rings (SSSR count). The molecule has 1 saturated heterocycles. The van der Waals surface area contributed by atoms with Gasteiger partial charge in [0.1, 0.15) is 17.5 Å². The molecule has 2 heterocycles. The zero-order chi connectivity index (χ0) is 31.6. The van der Waals surface area contributed by atoms with E-state index in [9.17, 15) is 13.8 Å². The monoisotopic (exact) mass is 616 g/mol. The molecule has 1 aromatic carbocycles. The molecule has 0 spiro atoms. The molecule has 0 radical (unpaired) electrons. The highest BCUT2D eigenvalue weighted by molar-refractivity contribution is 7.84. The van der Waals surface area contributed by atoms with Gasteiger partial charge < -0.3 is 14.8 Å². The van der Waals surface area contributed by atoms with Gasteiger partial charge in [-0.2, -0.15) is 0 Å². The Bertz CT molecular complexity index is 1330. The lowest BCUT2D eigenvalue weighted by Crippen LogP contribution is -2.49. The third kappa shape index (κ3) is 8.19. The first kappa shape index (κ1) is 33.0. The van der Waals surface area contributed by atoms with Gasteiger partial charge in [-0.3, -0.25) is 14.7 Å². The third-order valence-electron chi connectivity index (χ3n) is 7.86. The van der Waals surface area contributed by atoms with E-state index in [-0.39, 0.29) is 24.8 Å². The number of nitrogens with one attached hydrogen (secondary N) is 2. The first-order chi connectivity index (χ1) is 20.1. The second-order valence-electron chi connectivity index (χ2n) is 13.5. The quantitative estimate of drug-likeness (QED) is 0.356. The second kappa shape index (κ2) is 13.0. The molecule has 1 saturated carbocycles. The number of nitrogens with zero attached hydrogens (tertiary/aromatic N) is 2. The molecular formula is C32H45FN4O5S. The fraction of sp³-hybridized carbons (Fsp3) is 0.594. The van der Waals surface area contributed by atoms with E-state index in [1.54, 1.807) is 45.3 Å². The van der Waals surface area contributed by atoms with Gasteiger partial charge in [-0.25, -0.2) is 18.1 Å². The van der Waals surface area contributed by atoms with Gasteiger partial charge in [0.05, 0.1) is 39.6 Å². The van der Waals surface area contributed by atoms with Crippen LogP contribution in [0.2, 0.25) is 0 Å². The van der Waals surface area contributed by atoms with Crippen molar-refractivity contribution >= 4 is 28.7 Å². The fourth-order valence-corrected chi connectivity index (χ4v) is 6.20. The van der Waals surface area contributed by atoms with Gasteiger partial charge >= 0.3 is 6.09 Å². The molecule has 1 aliphatic heterocycles. The highest BCUT2D eigenvalue weighted by Gasteiger charge is 2.43. The third-order valence-corrected chi connectivity index (χ3v) is 9.51. The highest BCUT2D eigenvalue weighted by Crippen LogP contribution is 2.42. The number of ether oxygens (including phenoxy) is 2. The number of rotatable bonds is 10. The molecule has 9 nitrogen and oxygen atoms in total. The van der Waals surface area contributed by atoms with Crippen LogP contribution in [0.15, 0.2) is 42.7 Å². The molecule has 11 heteroatoms. The van der Waals surface area contributed by atoms with Crippen LogP contribution >= 0.6 is 0 Å². The van der Waals surface area contributed by atoms with E-state index < -0.39 is 50.7 Å². The summed E-state index contributed by atoms with van der Waals surface area (Å²) in [5.41, 5.74) is -0.201. The molecule has 1 aromatic heterocycles. The van der Waals surface area contributed by atoms with Crippen molar-refractivity contribution in [2.75, 3.05) is 19.0 Å². The SMILES string of the molecule is CO[C@H]1C[C@H](C(=O)Nc2cc(C(CCC3CC3)(N[S@](=O)C(C)(C)C)c3ccncc3)ccc2F)N(C(=O)OC(C)(C)C)C1. The van der Waals surface area contributed by atoms with Crippen LogP contribution in [0, 0.1) is 11.7 Å². The van der Waals surface area contributed by atoms with Crippen molar-refractivity contribution < 1.29 is 27.7 Å². The number of halogens is 1. The van der Waals surface area contributed by atoms with Crippen molar-refractivity contribution in [3.8, 4) is 0 Å². The first-order valence-corrected chi connectivity index (χ1v) is 16.0. The number of carbonyl (C=O) groups excluding carboxylic acids is 2. The topological polar surface area (TPSA) is 110 Å². The molecule has 1 unspecified atom stereocenters. The van der Waals surface area contributed by atoms with Crippen LogP contribution in [0.1, 0.15) is 84.8 Å². The van der Waals surface area contributed by atoms with E-state index in [1.807, 2.05) is 32.9 Å². The maximum absolute atomic E-state index is 15.4. The maximum Gasteiger partial charge on any atom is 0.411 e. The zero-order valence-electron chi connectivity index (χ0n) is 26.2. The van der Waals surface area contributed by atoms with E-state index in [0.717, 1.165) is 24.8 Å². The number of methoxy groups -OCH3 is 1. The number of hydrogen-bond donors (Lipinski definition) is 2. The molecule has 2 fully saturated rings. The predicted molar refractivity (Wildman–Crippen MR) is 165 cm³/mol. The summed E-state index contributed by atoms with van der Waals surface area (Å²) < 4.78 is 42.8. The van der Waals surface area contributed by atoms with Gasteiger partial charge in [-0.15, -0.1) is 0 Å². The lowest BCUT2D eigenvalue weighted by atomic mass is 9.79. The standard InChI is InChI=1S/C32H45FN4O5S/c1-30(2,3)42-29(39)37-20-24(41-7)19-27(37)28(38)35-26-18-23(10-11-25(26)33)32(15-12-21-8-9-21,22-13-16-34-17-14-22)36-43(40)31(4,5)6/h10-11,13-14,16-18,21,24,27,36H,8-9,12,15,19-20H2,1-7H3,(H,35,38)/t24-,27+,32?,43+/m0/s1. The van der Waals surface area contributed by atoms with Gasteiger partial charge in [-0.1, -0.05) is 18.9 Å². The van der Waals surface area contributed by atoms with E-state index >= 15 is 4.39 Å². The summed E-state index contributed by atoms with van der Waals surface area (Å²) in [6, 6.07) is 7.45. The molecule has 1 aliphatic carbocycles. The number of anilines is 1. The van der Waals surface area contributed by atoms with Crippen molar-refractivity contribution in [2.24, 2.45) is 5.92 Å². The summed E-state index contributed by atoms with van der Waals surface area (Å²) in [5.74, 6) is -0.578. The van der Waals surface area contributed by atoms with Crippen LogP contribution in [0.25, 0.3) is 0 Å². The molecule has 0 bridgehead atoms. The lowest BCUT2D eigenvalue weighted by Gasteiger charge is -2.38. The Labute approximate surface area is 256 Å². The maximum atomic E-state index is 15.4. The number of pyridine rings is 1. The number of aromatic nitrogens is 1. The normalized spacial score (nSPS) is 21.3. The summed E-state index contributed by atoms with van der Waals surface area (Å²) in [6.45, 7) is 11.1. The smallest absolute Gasteiger partial charge is 0.411 e. The minimum Gasteiger partial charge on any atom is -0.444 e. The Hall–Kier alpha value is -2.89. The summed E-state index contributed by atoms with van der Waals surface area (Å²) in [4.78, 5) is 32.1. The Balaban J connectivity index is 1.71. The lowest BCUT2D eigenvalue weighted by molar-refractivity contribution is -0.120. The Kier molecular flexibility index (Phi) is 9.98. The van der Waals surface area contributed by atoms with E-state index in [0.29, 0.717) is 17.9 Å². The zero-order valence-corrected chi connectivity index (χ0v) is 27.1. The minimum atomic E-state index is -1.47. The average Bonchev–Trinajstić information content (AvgIpc) is 3.66. The molecule has 2 amide bonds. The summed E-state index contributed by atoms with van der Waals surface area (Å²) in [7, 11) is 0.0502. The summed E-state index contributed by atoms with van der Waals surface area (Å²) in [5, 5.41) is 2.73. The fourth-order valence-electron chi connectivity index (χ4n) is 5.24. The van der Waals surface area contributed by atoms with Gasteiger partial charge in [0.25, 0.3) is 0 Å². The number of hydrogen-bond acceptors (Lipinski definition) is 6. The van der Waals surface area contributed by atoms with Crippen LogP contribution in [0.3, 0.4) is 0 Å². The molecule has 2 N–H and O–H groups in total. The molecule has 236 valence electrons. The Morgan fingerprint density at radius 3 is 2.33 bits per heavy atom.